The summed E-state index contributed by atoms with van der Waals surface area (Å²) in [5, 5.41) is 1.19. The predicted molar refractivity (Wildman–Crippen MR) is 67.7 cm³/mol. The SMILES string of the molecule is Cc1coc2cc3c(c(C)c12)C(C)CCC3=O. The number of hydrogen-bond acceptors (Lipinski definition) is 2. The Labute approximate surface area is 101 Å². The van der Waals surface area contributed by atoms with Crippen molar-refractivity contribution in [3.63, 3.8) is 0 Å². The predicted octanol–water partition coefficient (Wildman–Crippen LogP) is 4.13. The second-order valence-electron chi connectivity index (χ2n) is 5.12. The molecule has 2 nitrogen and oxygen atoms in total. The second-order valence-corrected chi connectivity index (χ2v) is 5.12. The normalized spacial score (nSPS) is 19.7. The lowest BCUT2D eigenvalue weighted by Gasteiger charge is -2.23. The first kappa shape index (κ1) is 10.6. The van der Waals surface area contributed by atoms with Crippen LogP contribution in [-0.2, 0) is 0 Å². The van der Waals surface area contributed by atoms with E-state index in [1.807, 2.05) is 6.07 Å². The highest BCUT2D eigenvalue weighted by molar-refractivity contribution is 6.03. The molecule has 0 bridgehead atoms. The molecule has 0 amide bonds. The molecule has 1 aromatic carbocycles. The molecule has 0 N–H and O–H groups in total. The molecule has 1 atom stereocenters. The molecule has 1 heterocycles. The Balaban J connectivity index is 2.43. The molecule has 0 spiro atoms. The van der Waals surface area contributed by atoms with Crippen LogP contribution in [0.3, 0.4) is 0 Å². The van der Waals surface area contributed by atoms with Crippen molar-refractivity contribution in [3.8, 4) is 0 Å². The lowest BCUT2D eigenvalue weighted by atomic mass is 9.79. The molecule has 2 aromatic rings. The van der Waals surface area contributed by atoms with E-state index < -0.39 is 0 Å². The number of aryl methyl sites for hydroxylation is 2. The van der Waals surface area contributed by atoms with Gasteiger partial charge >= 0.3 is 0 Å². The number of hydrogen-bond donors (Lipinski definition) is 0. The molecule has 1 unspecified atom stereocenters. The summed E-state index contributed by atoms with van der Waals surface area (Å²) in [6.45, 7) is 6.37. The Morgan fingerprint density at radius 2 is 2.12 bits per heavy atom. The van der Waals surface area contributed by atoms with Gasteiger partial charge in [0.25, 0.3) is 0 Å². The largest absolute Gasteiger partial charge is 0.464 e. The van der Waals surface area contributed by atoms with Crippen LogP contribution in [0.2, 0.25) is 0 Å². The van der Waals surface area contributed by atoms with Gasteiger partial charge in [0, 0.05) is 17.4 Å². The number of furan rings is 1. The molecule has 1 aliphatic rings. The minimum absolute atomic E-state index is 0.261. The van der Waals surface area contributed by atoms with E-state index in [2.05, 4.69) is 20.8 Å². The summed E-state index contributed by atoms with van der Waals surface area (Å²) < 4.78 is 5.53. The van der Waals surface area contributed by atoms with Gasteiger partial charge in [-0.3, -0.25) is 4.79 Å². The van der Waals surface area contributed by atoms with Gasteiger partial charge in [-0.05, 0) is 48.9 Å². The zero-order chi connectivity index (χ0) is 12.2. The van der Waals surface area contributed by atoms with Crippen LogP contribution in [-0.4, -0.2) is 5.78 Å². The Morgan fingerprint density at radius 1 is 1.35 bits per heavy atom. The van der Waals surface area contributed by atoms with E-state index in [9.17, 15) is 4.79 Å². The van der Waals surface area contributed by atoms with Crippen LogP contribution in [0.15, 0.2) is 16.7 Å². The molecular weight excluding hydrogens is 212 g/mol. The van der Waals surface area contributed by atoms with Gasteiger partial charge in [-0.2, -0.15) is 0 Å². The van der Waals surface area contributed by atoms with Gasteiger partial charge in [-0.1, -0.05) is 6.92 Å². The van der Waals surface area contributed by atoms with Gasteiger partial charge in [0.05, 0.1) is 6.26 Å². The minimum atomic E-state index is 0.261. The summed E-state index contributed by atoms with van der Waals surface area (Å²) >= 11 is 0. The second kappa shape index (κ2) is 3.46. The summed E-state index contributed by atoms with van der Waals surface area (Å²) in [4.78, 5) is 12.0. The molecule has 0 fully saturated rings. The number of fused-ring (bicyclic) bond motifs is 2. The van der Waals surface area contributed by atoms with Crippen molar-refractivity contribution >= 4 is 16.8 Å². The number of carbonyl (C=O) groups excluding carboxylic acids is 1. The number of Topliss-reactive ketones (excluding diaryl/α,β-unsaturated/α-hetero) is 1. The van der Waals surface area contributed by atoms with Crippen LogP contribution >= 0.6 is 0 Å². The van der Waals surface area contributed by atoms with Crippen LogP contribution in [0.1, 0.15) is 52.7 Å². The highest BCUT2D eigenvalue weighted by Gasteiger charge is 2.26. The van der Waals surface area contributed by atoms with Gasteiger partial charge in [0.15, 0.2) is 5.78 Å². The summed E-state index contributed by atoms with van der Waals surface area (Å²) in [5.74, 6) is 0.735. The third-order valence-corrected chi connectivity index (χ3v) is 3.95. The van der Waals surface area contributed by atoms with Crippen LogP contribution in [0, 0.1) is 13.8 Å². The Bertz CT molecular complexity index is 619. The molecule has 1 aliphatic carbocycles. The smallest absolute Gasteiger partial charge is 0.163 e. The molecular formula is C15H16O2. The molecule has 0 saturated heterocycles. The molecule has 17 heavy (non-hydrogen) atoms. The van der Waals surface area contributed by atoms with Gasteiger partial charge < -0.3 is 4.42 Å². The minimum Gasteiger partial charge on any atom is -0.464 e. The van der Waals surface area contributed by atoms with E-state index >= 15 is 0 Å². The molecule has 3 rings (SSSR count). The van der Waals surface area contributed by atoms with Crippen LogP contribution in [0.4, 0.5) is 0 Å². The van der Waals surface area contributed by atoms with Crippen molar-refractivity contribution in [3.05, 3.63) is 34.6 Å². The first-order chi connectivity index (χ1) is 8.09. The molecule has 88 valence electrons. The lowest BCUT2D eigenvalue weighted by Crippen LogP contribution is -2.15. The van der Waals surface area contributed by atoms with Crippen LogP contribution in [0.5, 0.6) is 0 Å². The zero-order valence-corrected chi connectivity index (χ0v) is 10.5. The van der Waals surface area contributed by atoms with E-state index in [1.54, 1.807) is 6.26 Å². The number of ketones is 1. The Hall–Kier alpha value is -1.57. The molecule has 2 heteroatoms. The van der Waals surface area contributed by atoms with Crippen molar-refractivity contribution in [1.82, 2.24) is 0 Å². The van der Waals surface area contributed by atoms with Crippen molar-refractivity contribution in [2.24, 2.45) is 0 Å². The number of benzene rings is 1. The third kappa shape index (κ3) is 1.36. The van der Waals surface area contributed by atoms with Gasteiger partial charge in [0.2, 0.25) is 0 Å². The van der Waals surface area contributed by atoms with Crippen LogP contribution < -0.4 is 0 Å². The van der Waals surface area contributed by atoms with Crippen molar-refractivity contribution in [1.29, 1.82) is 0 Å². The van der Waals surface area contributed by atoms with Crippen molar-refractivity contribution < 1.29 is 9.21 Å². The standard InChI is InChI=1S/C15H16O2/c1-8-4-5-12(16)11-6-13-15(9(2)7-17-13)10(3)14(8)11/h6-8H,4-5H2,1-3H3. The Kier molecular flexibility index (Phi) is 2.15. The van der Waals surface area contributed by atoms with Crippen LogP contribution in [0.25, 0.3) is 11.0 Å². The third-order valence-electron chi connectivity index (χ3n) is 3.95. The highest BCUT2D eigenvalue weighted by atomic mass is 16.3. The fourth-order valence-corrected chi connectivity index (χ4v) is 3.09. The van der Waals surface area contributed by atoms with E-state index in [4.69, 9.17) is 4.42 Å². The lowest BCUT2D eigenvalue weighted by molar-refractivity contribution is 0.0968. The molecule has 1 aromatic heterocycles. The fourth-order valence-electron chi connectivity index (χ4n) is 3.09. The number of carbonyl (C=O) groups is 1. The zero-order valence-electron chi connectivity index (χ0n) is 10.5. The first-order valence-electron chi connectivity index (χ1n) is 6.14. The topological polar surface area (TPSA) is 30.2 Å². The first-order valence-corrected chi connectivity index (χ1v) is 6.14. The monoisotopic (exact) mass is 228 g/mol. The Morgan fingerprint density at radius 3 is 2.88 bits per heavy atom. The van der Waals surface area contributed by atoms with Crippen molar-refractivity contribution in [2.75, 3.05) is 0 Å². The van der Waals surface area contributed by atoms with E-state index in [0.717, 1.165) is 23.1 Å². The van der Waals surface area contributed by atoms with E-state index in [0.29, 0.717) is 12.3 Å². The summed E-state index contributed by atoms with van der Waals surface area (Å²) in [7, 11) is 0. The highest BCUT2D eigenvalue weighted by Crippen LogP contribution is 2.38. The fraction of sp³-hybridized carbons (Fsp3) is 0.400. The molecule has 0 saturated carbocycles. The molecule has 0 radical (unpaired) electrons. The van der Waals surface area contributed by atoms with E-state index in [-0.39, 0.29) is 5.78 Å². The maximum atomic E-state index is 12.0. The van der Waals surface area contributed by atoms with Crippen molar-refractivity contribution in [2.45, 2.75) is 39.5 Å². The average Bonchev–Trinajstić information content (AvgIpc) is 2.66. The van der Waals surface area contributed by atoms with Gasteiger partial charge in [-0.15, -0.1) is 0 Å². The van der Waals surface area contributed by atoms with E-state index in [1.165, 1.54) is 16.5 Å². The van der Waals surface area contributed by atoms with Gasteiger partial charge in [0.1, 0.15) is 5.58 Å². The molecule has 0 aliphatic heterocycles. The quantitative estimate of drug-likeness (QED) is 0.678. The average molecular weight is 228 g/mol. The maximum Gasteiger partial charge on any atom is 0.163 e. The van der Waals surface area contributed by atoms with Gasteiger partial charge in [-0.25, -0.2) is 0 Å². The number of rotatable bonds is 0. The summed E-state index contributed by atoms with van der Waals surface area (Å²) in [6, 6.07) is 1.93. The maximum absolute atomic E-state index is 12.0. The summed E-state index contributed by atoms with van der Waals surface area (Å²) in [5.41, 5.74) is 5.34. The summed E-state index contributed by atoms with van der Waals surface area (Å²) in [6.07, 6.45) is 3.41.